The fourth-order valence-corrected chi connectivity index (χ4v) is 3.04. The standard InChI is InChI=1S/C12H5Cl3N2S/c13-7-1-2-8(14)10-9(7)11(15)17-12(16-10)6-3-4-18-5-6/h1-5H. The number of benzene rings is 1. The number of hydrogen-bond donors (Lipinski definition) is 0. The molecule has 0 radical (unpaired) electrons. The first-order valence-electron chi connectivity index (χ1n) is 5.00. The predicted molar refractivity (Wildman–Crippen MR) is 77.9 cm³/mol. The largest absolute Gasteiger partial charge is 0.226 e. The number of fused-ring (bicyclic) bond motifs is 1. The van der Waals surface area contributed by atoms with E-state index in [1.165, 1.54) is 0 Å². The van der Waals surface area contributed by atoms with E-state index in [2.05, 4.69) is 9.97 Å². The van der Waals surface area contributed by atoms with Crippen LogP contribution in [0.3, 0.4) is 0 Å². The second kappa shape index (κ2) is 4.67. The van der Waals surface area contributed by atoms with E-state index in [1.54, 1.807) is 23.5 Å². The molecule has 6 heteroatoms. The zero-order valence-electron chi connectivity index (χ0n) is 8.82. The molecule has 0 aliphatic rings. The second-order valence-corrected chi connectivity index (χ2v) is 5.56. The summed E-state index contributed by atoms with van der Waals surface area (Å²) in [6.45, 7) is 0. The van der Waals surface area contributed by atoms with Gasteiger partial charge in [0.25, 0.3) is 0 Å². The summed E-state index contributed by atoms with van der Waals surface area (Å²) in [5, 5.41) is 5.82. The van der Waals surface area contributed by atoms with E-state index in [0.717, 1.165) is 5.56 Å². The van der Waals surface area contributed by atoms with Gasteiger partial charge >= 0.3 is 0 Å². The van der Waals surface area contributed by atoms with E-state index < -0.39 is 0 Å². The monoisotopic (exact) mass is 314 g/mol. The smallest absolute Gasteiger partial charge is 0.162 e. The predicted octanol–water partition coefficient (Wildman–Crippen LogP) is 5.32. The molecule has 0 amide bonds. The number of halogens is 3. The molecule has 0 aliphatic heterocycles. The summed E-state index contributed by atoms with van der Waals surface area (Å²) in [5.74, 6) is 0.554. The highest BCUT2D eigenvalue weighted by molar-refractivity contribution is 7.08. The summed E-state index contributed by atoms with van der Waals surface area (Å²) >= 11 is 20.0. The fourth-order valence-electron chi connectivity index (χ4n) is 1.65. The minimum Gasteiger partial charge on any atom is -0.226 e. The van der Waals surface area contributed by atoms with Gasteiger partial charge in [0.15, 0.2) is 5.82 Å². The van der Waals surface area contributed by atoms with Crippen LogP contribution < -0.4 is 0 Å². The SMILES string of the molecule is Clc1ccc(Cl)c2c(Cl)nc(-c3ccsc3)nc12. The van der Waals surface area contributed by atoms with Gasteiger partial charge in [-0.15, -0.1) is 0 Å². The molecule has 90 valence electrons. The molecule has 0 spiro atoms. The van der Waals surface area contributed by atoms with Gasteiger partial charge in [-0.3, -0.25) is 0 Å². The molecule has 1 aromatic carbocycles. The van der Waals surface area contributed by atoms with Gasteiger partial charge in [-0.1, -0.05) is 34.8 Å². The molecule has 3 rings (SSSR count). The third kappa shape index (κ3) is 1.97. The lowest BCUT2D eigenvalue weighted by molar-refractivity contribution is 1.23. The van der Waals surface area contributed by atoms with E-state index >= 15 is 0 Å². The Morgan fingerprint density at radius 2 is 1.72 bits per heavy atom. The number of aromatic nitrogens is 2. The van der Waals surface area contributed by atoms with Crippen molar-refractivity contribution in [2.45, 2.75) is 0 Å². The highest BCUT2D eigenvalue weighted by Crippen LogP contribution is 2.34. The first-order chi connectivity index (χ1) is 8.66. The molecule has 18 heavy (non-hydrogen) atoms. The maximum atomic E-state index is 6.17. The molecule has 0 atom stereocenters. The molecule has 2 aromatic heterocycles. The van der Waals surface area contributed by atoms with Crippen molar-refractivity contribution in [2.75, 3.05) is 0 Å². The Balaban J connectivity index is 2.37. The Morgan fingerprint density at radius 3 is 2.44 bits per heavy atom. The molecule has 2 heterocycles. The fraction of sp³-hybridized carbons (Fsp3) is 0. The lowest BCUT2D eigenvalue weighted by Gasteiger charge is -2.06. The minimum absolute atomic E-state index is 0.314. The third-order valence-electron chi connectivity index (χ3n) is 2.49. The normalized spacial score (nSPS) is 11.1. The van der Waals surface area contributed by atoms with Crippen LogP contribution in [0.1, 0.15) is 0 Å². The van der Waals surface area contributed by atoms with E-state index in [1.807, 2.05) is 16.8 Å². The van der Waals surface area contributed by atoms with Gasteiger partial charge in [-0.25, -0.2) is 9.97 Å². The quantitative estimate of drug-likeness (QED) is 0.568. The lowest BCUT2D eigenvalue weighted by Crippen LogP contribution is -1.92. The molecule has 0 N–H and O–H groups in total. The van der Waals surface area contributed by atoms with Crippen molar-refractivity contribution >= 4 is 57.0 Å². The lowest BCUT2D eigenvalue weighted by atomic mass is 10.2. The Labute approximate surface area is 122 Å². The van der Waals surface area contributed by atoms with Crippen LogP contribution in [0.2, 0.25) is 15.2 Å². The molecule has 3 aromatic rings. The van der Waals surface area contributed by atoms with Gasteiger partial charge in [0.05, 0.1) is 20.9 Å². The molecule has 0 saturated heterocycles. The Bertz CT molecular complexity index is 726. The maximum absolute atomic E-state index is 6.17. The van der Waals surface area contributed by atoms with Crippen molar-refractivity contribution in [1.82, 2.24) is 9.97 Å². The van der Waals surface area contributed by atoms with Crippen LogP contribution in [0.5, 0.6) is 0 Å². The minimum atomic E-state index is 0.314. The number of hydrogen-bond acceptors (Lipinski definition) is 3. The molecule has 0 fully saturated rings. The van der Waals surface area contributed by atoms with Crippen LogP contribution in [-0.2, 0) is 0 Å². The summed E-state index contributed by atoms with van der Waals surface area (Å²) in [6.07, 6.45) is 0. The van der Waals surface area contributed by atoms with Crippen LogP contribution in [0, 0.1) is 0 Å². The van der Waals surface area contributed by atoms with Crippen LogP contribution >= 0.6 is 46.1 Å². The van der Waals surface area contributed by atoms with E-state index in [9.17, 15) is 0 Å². The van der Waals surface area contributed by atoms with Gasteiger partial charge in [-0.2, -0.15) is 11.3 Å². The van der Waals surface area contributed by atoms with Crippen LogP contribution in [0.4, 0.5) is 0 Å². The summed E-state index contributed by atoms with van der Waals surface area (Å²) in [7, 11) is 0. The van der Waals surface area contributed by atoms with Crippen molar-refractivity contribution < 1.29 is 0 Å². The van der Waals surface area contributed by atoms with Crippen molar-refractivity contribution in [3.8, 4) is 11.4 Å². The van der Waals surface area contributed by atoms with Gasteiger partial charge < -0.3 is 0 Å². The Kier molecular flexibility index (Phi) is 3.16. The number of rotatable bonds is 1. The molecule has 2 nitrogen and oxygen atoms in total. The summed E-state index contributed by atoms with van der Waals surface area (Å²) < 4.78 is 0. The summed E-state index contributed by atoms with van der Waals surface area (Å²) in [4.78, 5) is 8.70. The highest BCUT2D eigenvalue weighted by Gasteiger charge is 2.13. The van der Waals surface area contributed by atoms with Crippen LogP contribution in [-0.4, -0.2) is 9.97 Å². The molecule has 0 bridgehead atoms. The van der Waals surface area contributed by atoms with Gasteiger partial charge in [0.2, 0.25) is 0 Å². The van der Waals surface area contributed by atoms with E-state index in [-0.39, 0.29) is 0 Å². The van der Waals surface area contributed by atoms with Crippen molar-refractivity contribution in [3.63, 3.8) is 0 Å². The zero-order valence-corrected chi connectivity index (χ0v) is 11.9. The van der Waals surface area contributed by atoms with Gasteiger partial charge in [-0.05, 0) is 23.6 Å². The topological polar surface area (TPSA) is 25.8 Å². The first-order valence-corrected chi connectivity index (χ1v) is 7.08. The Morgan fingerprint density at radius 1 is 0.944 bits per heavy atom. The van der Waals surface area contributed by atoms with Crippen LogP contribution in [0.15, 0.2) is 29.0 Å². The second-order valence-electron chi connectivity index (χ2n) is 3.60. The summed E-state index contributed by atoms with van der Waals surface area (Å²) in [6, 6.07) is 5.32. The van der Waals surface area contributed by atoms with Crippen LogP contribution in [0.25, 0.3) is 22.3 Å². The van der Waals surface area contributed by atoms with Crippen molar-refractivity contribution in [3.05, 3.63) is 44.2 Å². The maximum Gasteiger partial charge on any atom is 0.162 e. The first kappa shape index (κ1) is 12.2. The average molecular weight is 316 g/mol. The molecular weight excluding hydrogens is 311 g/mol. The van der Waals surface area contributed by atoms with Gasteiger partial charge in [0.1, 0.15) is 5.15 Å². The Hall–Kier alpha value is -0.870. The molecule has 0 aliphatic carbocycles. The zero-order chi connectivity index (χ0) is 12.7. The average Bonchev–Trinajstić information content (AvgIpc) is 2.87. The number of nitrogens with zero attached hydrogens (tertiary/aromatic N) is 2. The summed E-state index contributed by atoms with van der Waals surface area (Å²) in [5.41, 5.74) is 1.49. The third-order valence-corrected chi connectivity index (χ3v) is 4.06. The van der Waals surface area contributed by atoms with E-state index in [0.29, 0.717) is 31.9 Å². The highest BCUT2D eigenvalue weighted by atomic mass is 35.5. The van der Waals surface area contributed by atoms with Gasteiger partial charge in [0, 0.05) is 10.9 Å². The molecular formula is C12H5Cl3N2S. The van der Waals surface area contributed by atoms with Crippen molar-refractivity contribution in [2.24, 2.45) is 0 Å². The molecule has 0 unspecified atom stereocenters. The number of thiophene rings is 1. The van der Waals surface area contributed by atoms with Crippen molar-refractivity contribution in [1.29, 1.82) is 0 Å². The molecule has 0 saturated carbocycles. The van der Waals surface area contributed by atoms with E-state index in [4.69, 9.17) is 34.8 Å².